The smallest absolute Gasteiger partial charge is 0.410 e. The standard InChI is InChI=1S/C17H26N4O5/c1-17(2,3)26-16(23)21-8-6-11(7-9-21)18-13-10-12(14(22)24-4)19-15(20-13)25-5/h10-11H,6-9H2,1-5H3,(H,18,19,20). The first kappa shape index (κ1) is 19.7. The minimum atomic E-state index is -0.562. The van der Waals surface area contributed by atoms with Gasteiger partial charge in [0.05, 0.1) is 14.2 Å². The first-order chi connectivity index (χ1) is 12.2. The molecule has 0 unspecified atom stereocenters. The van der Waals surface area contributed by atoms with Crippen molar-refractivity contribution in [2.45, 2.75) is 45.3 Å². The molecule has 1 aliphatic heterocycles. The number of carbonyl (C=O) groups excluding carboxylic acids is 2. The van der Waals surface area contributed by atoms with Crippen LogP contribution >= 0.6 is 0 Å². The zero-order valence-corrected chi connectivity index (χ0v) is 15.9. The van der Waals surface area contributed by atoms with Gasteiger partial charge >= 0.3 is 18.1 Å². The van der Waals surface area contributed by atoms with Crippen LogP contribution in [0.4, 0.5) is 10.6 Å². The highest BCUT2D eigenvalue weighted by Gasteiger charge is 2.27. The molecule has 1 fully saturated rings. The van der Waals surface area contributed by atoms with Gasteiger partial charge in [-0.05, 0) is 33.6 Å². The van der Waals surface area contributed by atoms with Gasteiger partial charge in [-0.2, -0.15) is 9.97 Å². The van der Waals surface area contributed by atoms with E-state index < -0.39 is 11.6 Å². The molecule has 144 valence electrons. The first-order valence-corrected chi connectivity index (χ1v) is 8.47. The largest absolute Gasteiger partial charge is 0.467 e. The average Bonchev–Trinajstić information content (AvgIpc) is 2.59. The molecule has 1 aromatic rings. The summed E-state index contributed by atoms with van der Waals surface area (Å²) in [4.78, 5) is 33.7. The van der Waals surface area contributed by atoms with E-state index in [0.717, 1.165) is 12.8 Å². The van der Waals surface area contributed by atoms with Crippen molar-refractivity contribution in [3.63, 3.8) is 0 Å². The van der Waals surface area contributed by atoms with Crippen molar-refractivity contribution in [3.05, 3.63) is 11.8 Å². The van der Waals surface area contributed by atoms with E-state index in [-0.39, 0.29) is 23.8 Å². The van der Waals surface area contributed by atoms with Crippen LogP contribution in [0.1, 0.15) is 44.1 Å². The Kier molecular flexibility index (Phi) is 6.23. The molecule has 1 N–H and O–H groups in total. The van der Waals surface area contributed by atoms with Gasteiger partial charge in [0.15, 0.2) is 5.69 Å². The Bertz CT molecular complexity index is 651. The lowest BCUT2D eigenvalue weighted by Gasteiger charge is -2.33. The lowest BCUT2D eigenvalue weighted by Crippen LogP contribution is -2.44. The maximum Gasteiger partial charge on any atom is 0.410 e. The van der Waals surface area contributed by atoms with Gasteiger partial charge in [0.25, 0.3) is 0 Å². The number of rotatable bonds is 4. The van der Waals surface area contributed by atoms with Gasteiger partial charge in [0.1, 0.15) is 11.4 Å². The molecule has 2 heterocycles. The van der Waals surface area contributed by atoms with Crippen molar-refractivity contribution in [1.29, 1.82) is 0 Å². The number of esters is 1. The van der Waals surface area contributed by atoms with Crippen molar-refractivity contribution in [2.24, 2.45) is 0 Å². The van der Waals surface area contributed by atoms with Crippen molar-refractivity contribution < 1.29 is 23.8 Å². The molecule has 1 aliphatic rings. The molecule has 0 bridgehead atoms. The van der Waals surface area contributed by atoms with Gasteiger partial charge in [-0.1, -0.05) is 0 Å². The van der Waals surface area contributed by atoms with E-state index in [1.165, 1.54) is 20.3 Å². The molecule has 9 heteroatoms. The number of nitrogens with one attached hydrogen (secondary N) is 1. The summed E-state index contributed by atoms with van der Waals surface area (Å²) in [5.74, 6) is -0.0820. The van der Waals surface area contributed by atoms with Crippen LogP contribution in [0.25, 0.3) is 0 Å². The number of hydrogen-bond donors (Lipinski definition) is 1. The lowest BCUT2D eigenvalue weighted by atomic mass is 10.1. The second-order valence-electron chi connectivity index (χ2n) is 7.00. The molecule has 1 saturated heterocycles. The zero-order chi connectivity index (χ0) is 19.3. The van der Waals surface area contributed by atoms with E-state index in [0.29, 0.717) is 18.9 Å². The summed E-state index contributed by atoms with van der Waals surface area (Å²) in [6.07, 6.45) is 1.17. The highest BCUT2D eigenvalue weighted by molar-refractivity contribution is 5.88. The van der Waals surface area contributed by atoms with E-state index in [2.05, 4.69) is 15.3 Å². The van der Waals surface area contributed by atoms with Gasteiger partial charge in [0, 0.05) is 25.2 Å². The molecular formula is C17H26N4O5. The molecule has 2 rings (SSSR count). The summed E-state index contributed by atoms with van der Waals surface area (Å²) in [6.45, 7) is 6.71. The van der Waals surface area contributed by atoms with Crippen LogP contribution in [0.5, 0.6) is 6.01 Å². The number of carbonyl (C=O) groups is 2. The number of amides is 1. The monoisotopic (exact) mass is 366 g/mol. The Morgan fingerprint density at radius 2 is 1.85 bits per heavy atom. The van der Waals surface area contributed by atoms with E-state index in [9.17, 15) is 9.59 Å². The van der Waals surface area contributed by atoms with Gasteiger partial charge in [-0.25, -0.2) is 9.59 Å². The fourth-order valence-corrected chi connectivity index (χ4v) is 2.54. The molecule has 0 radical (unpaired) electrons. The average molecular weight is 366 g/mol. The fraction of sp³-hybridized carbons (Fsp3) is 0.647. The molecule has 1 amide bonds. The van der Waals surface area contributed by atoms with E-state index >= 15 is 0 Å². The second kappa shape index (κ2) is 8.20. The number of nitrogens with zero attached hydrogens (tertiary/aromatic N) is 3. The van der Waals surface area contributed by atoms with Gasteiger partial charge in [0.2, 0.25) is 0 Å². The molecule has 0 spiro atoms. The topological polar surface area (TPSA) is 103 Å². The normalized spacial score (nSPS) is 15.3. The summed E-state index contributed by atoms with van der Waals surface area (Å²) in [7, 11) is 2.72. The Hall–Kier alpha value is -2.58. The Labute approximate surface area is 153 Å². The number of anilines is 1. The third kappa shape index (κ3) is 5.47. The number of likely N-dealkylation sites (tertiary alicyclic amines) is 1. The number of ether oxygens (including phenoxy) is 3. The number of hydrogen-bond acceptors (Lipinski definition) is 8. The number of aromatic nitrogens is 2. The first-order valence-electron chi connectivity index (χ1n) is 8.47. The van der Waals surface area contributed by atoms with Crippen LogP contribution in [0.3, 0.4) is 0 Å². The SMILES string of the molecule is COC(=O)c1cc(NC2CCN(C(=O)OC(C)(C)C)CC2)nc(OC)n1. The zero-order valence-electron chi connectivity index (χ0n) is 15.9. The van der Waals surface area contributed by atoms with Crippen LogP contribution in [0.2, 0.25) is 0 Å². The van der Waals surface area contributed by atoms with E-state index in [1.807, 2.05) is 20.8 Å². The maximum absolute atomic E-state index is 12.1. The summed E-state index contributed by atoms with van der Waals surface area (Å²) < 4.78 is 15.1. The van der Waals surface area contributed by atoms with Gasteiger partial charge in [-0.3, -0.25) is 0 Å². The third-order valence-corrected chi connectivity index (χ3v) is 3.78. The molecule has 26 heavy (non-hydrogen) atoms. The van der Waals surface area contributed by atoms with Crippen molar-refractivity contribution >= 4 is 17.9 Å². The van der Waals surface area contributed by atoms with Crippen molar-refractivity contribution in [1.82, 2.24) is 14.9 Å². The molecule has 9 nitrogen and oxygen atoms in total. The molecule has 0 saturated carbocycles. The molecule has 0 aliphatic carbocycles. The number of methoxy groups -OCH3 is 2. The lowest BCUT2D eigenvalue weighted by molar-refractivity contribution is 0.0210. The molecule has 0 atom stereocenters. The molecule has 1 aromatic heterocycles. The van der Waals surface area contributed by atoms with Gasteiger partial charge in [-0.15, -0.1) is 0 Å². The van der Waals surface area contributed by atoms with Gasteiger partial charge < -0.3 is 24.4 Å². The van der Waals surface area contributed by atoms with Crippen LogP contribution < -0.4 is 10.1 Å². The highest BCUT2D eigenvalue weighted by Crippen LogP contribution is 2.20. The van der Waals surface area contributed by atoms with E-state index in [1.54, 1.807) is 4.90 Å². The summed E-state index contributed by atoms with van der Waals surface area (Å²) in [5, 5.41) is 3.26. The maximum atomic E-state index is 12.1. The van der Waals surface area contributed by atoms with Crippen molar-refractivity contribution in [2.75, 3.05) is 32.6 Å². The highest BCUT2D eigenvalue weighted by atomic mass is 16.6. The second-order valence-corrected chi connectivity index (χ2v) is 7.00. The van der Waals surface area contributed by atoms with Crippen molar-refractivity contribution in [3.8, 4) is 6.01 Å². The third-order valence-electron chi connectivity index (χ3n) is 3.78. The Balaban J connectivity index is 1.97. The van der Waals surface area contributed by atoms with Crippen LogP contribution in [0, 0.1) is 0 Å². The Morgan fingerprint density at radius 1 is 1.19 bits per heavy atom. The Morgan fingerprint density at radius 3 is 2.38 bits per heavy atom. The van der Waals surface area contributed by atoms with Crippen LogP contribution in [0.15, 0.2) is 6.07 Å². The predicted octanol–water partition coefficient (Wildman–Crippen LogP) is 2.08. The quantitative estimate of drug-likeness (QED) is 0.808. The molecule has 0 aromatic carbocycles. The minimum Gasteiger partial charge on any atom is -0.467 e. The molecular weight excluding hydrogens is 340 g/mol. The summed E-state index contributed by atoms with van der Waals surface area (Å²) >= 11 is 0. The summed E-state index contributed by atoms with van der Waals surface area (Å²) in [6, 6.07) is 1.72. The number of piperidine rings is 1. The van der Waals surface area contributed by atoms with Crippen LogP contribution in [-0.2, 0) is 9.47 Å². The van der Waals surface area contributed by atoms with E-state index in [4.69, 9.17) is 14.2 Å². The fourth-order valence-electron chi connectivity index (χ4n) is 2.54. The van der Waals surface area contributed by atoms with Crippen LogP contribution in [-0.4, -0.2) is 65.9 Å². The summed E-state index contributed by atoms with van der Waals surface area (Å²) in [5.41, 5.74) is -0.387. The minimum absolute atomic E-state index is 0.0848. The predicted molar refractivity (Wildman–Crippen MR) is 94.4 cm³/mol.